The summed E-state index contributed by atoms with van der Waals surface area (Å²) in [6, 6.07) is 13.3. The normalized spacial score (nSPS) is 14.1. The van der Waals surface area contributed by atoms with Crippen LogP contribution >= 0.6 is 11.6 Å². The second-order valence-electron chi connectivity index (χ2n) is 8.34. The summed E-state index contributed by atoms with van der Waals surface area (Å²) in [5.74, 6) is -0.0973. The van der Waals surface area contributed by atoms with Gasteiger partial charge in [-0.05, 0) is 67.1 Å². The smallest absolute Gasteiger partial charge is 0.251 e. The lowest BCUT2D eigenvalue weighted by Crippen LogP contribution is -2.47. The highest BCUT2D eigenvalue weighted by Crippen LogP contribution is 2.30. The molecule has 0 heterocycles. The van der Waals surface area contributed by atoms with Gasteiger partial charge in [0.2, 0.25) is 11.8 Å². The molecule has 3 rings (SSSR count). The number of hydrogen-bond acceptors (Lipinski definition) is 3. The predicted octanol–water partition coefficient (Wildman–Crippen LogP) is 4.15. The Bertz CT molecular complexity index is 922. The van der Waals surface area contributed by atoms with Crippen molar-refractivity contribution >= 4 is 35.0 Å². The first-order valence-electron chi connectivity index (χ1n) is 10.6. The highest BCUT2D eigenvalue weighted by molar-refractivity contribution is 6.30. The van der Waals surface area contributed by atoms with Gasteiger partial charge in [-0.25, -0.2) is 0 Å². The van der Waals surface area contributed by atoms with Crippen LogP contribution in [-0.4, -0.2) is 23.8 Å². The Balaban J connectivity index is 1.55. The molecule has 0 radical (unpaired) electrons. The molecule has 0 spiro atoms. The third-order valence-electron chi connectivity index (χ3n) is 5.07. The highest BCUT2D eigenvalue weighted by atomic mass is 35.5. The molecule has 31 heavy (non-hydrogen) atoms. The van der Waals surface area contributed by atoms with E-state index in [2.05, 4.69) is 16.0 Å². The van der Waals surface area contributed by atoms with Crippen molar-refractivity contribution in [1.29, 1.82) is 0 Å². The second kappa shape index (κ2) is 10.4. The van der Waals surface area contributed by atoms with Gasteiger partial charge >= 0.3 is 0 Å². The summed E-state index contributed by atoms with van der Waals surface area (Å²) >= 11 is 5.88. The van der Waals surface area contributed by atoms with Gasteiger partial charge in [0.15, 0.2) is 0 Å². The molecule has 1 fully saturated rings. The number of rotatable bonds is 9. The van der Waals surface area contributed by atoms with Gasteiger partial charge in [-0.2, -0.15) is 0 Å². The van der Waals surface area contributed by atoms with Gasteiger partial charge in [0.25, 0.3) is 5.91 Å². The van der Waals surface area contributed by atoms with E-state index in [0.717, 1.165) is 24.1 Å². The molecule has 1 atom stereocenters. The standard InChI is InChI=1S/C24H28ClN3O3/c1-15(2)13-21(28-23(30)18-7-9-19(25)10-8-18)24(31)26-14-16-3-11-20(12-4-16)27-22(29)17-5-6-17/h3-4,7-12,15,17,21H,5-6,13-14H2,1-2H3,(H,26,31)(H,27,29)(H,28,30)/t21-/m1/s1. The molecule has 0 bridgehead atoms. The number of anilines is 1. The minimum absolute atomic E-state index is 0.0639. The number of nitrogens with one attached hydrogen (secondary N) is 3. The van der Waals surface area contributed by atoms with Crippen molar-refractivity contribution in [2.24, 2.45) is 11.8 Å². The Morgan fingerprint density at radius 1 is 1.00 bits per heavy atom. The molecule has 2 aromatic carbocycles. The van der Waals surface area contributed by atoms with Crippen LogP contribution in [0.4, 0.5) is 5.69 Å². The van der Waals surface area contributed by atoms with Crippen molar-refractivity contribution in [2.75, 3.05) is 5.32 Å². The highest BCUT2D eigenvalue weighted by Gasteiger charge is 2.29. The largest absolute Gasteiger partial charge is 0.350 e. The maximum atomic E-state index is 12.8. The Morgan fingerprint density at radius 3 is 2.23 bits per heavy atom. The first-order chi connectivity index (χ1) is 14.8. The fraction of sp³-hybridized carbons (Fsp3) is 0.375. The Morgan fingerprint density at radius 2 is 1.65 bits per heavy atom. The molecule has 0 aliphatic heterocycles. The van der Waals surface area contributed by atoms with E-state index in [-0.39, 0.29) is 29.6 Å². The van der Waals surface area contributed by atoms with Crippen LogP contribution in [0.2, 0.25) is 5.02 Å². The van der Waals surface area contributed by atoms with E-state index < -0.39 is 6.04 Å². The minimum atomic E-state index is -0.639. The van der Waals surface area contributed by atoms with Crippen LogP contribution in [0.5, 0.6) is 0 Å². The van der Waals surface area contributed by atoms with E-state index in [4.69, 9.17) is 11.6 Å². The number of carbonyl (C=O) groups is 3. The quantitative estimate of drug-likeness (QED) is 0.546. The third kappa shape index (κ3) is 7.10. The predicted molar refractivity (Wildman–Crippen MR) is 122 cm³/mol. The Kier molecular flexibility index (Phi) is 7.69. The molecular formula is C24H28ClN3O3. The lowest BCUT2D eigenvalue weighted by molar-refractivity contribution is -0.123. The molecule has 2 aromatic rings. The number of carbonyl (C=O) groups excluding carboxylic acids is 3. The lowest BCUT2D eigenvalue weighted by atomic mass is 10.0. The Hall–Kier alpha value is -2.86. The zero-order valence-corrected chi connectivity index (χ0v) is 18.5. The molecule has 0 saturated heterocycles. The molecule has 1 saturated carbocycles. The molecule has 1 aliphatic rings. The summed E-state index contributed by atoms with van der Waals surface area (Å²) in [7, 11) is 0. The van der Waals surface area contributed by atoms with E-state index in [1.54, 1.807) is 24.3 Å². The van der Waals surface area contributed by atoms with Gasteiger partial charge in [-0.15, -0.1) is 0 Å². The van der Waals surface area contributed by atoms with Gasteiger partial charge in [0.1, 0.15) is 6.04 Å². The summed E-state index contributed by atoms with van der Waals surface area (Å²) in [6.45, 7) is 4.34. The van der Waals surface area contributed by atoms with Crippen molar-refractivity contribution in [3.63, 3.8) is 0 Å². The van der Waals surface area contributed by atoms with Crippen LogP contribution in [0.3, 0.4) is 0 Å². The number of amides is 3. The molecule has 0 unspecified atom stereocenters. The average molecular weight is 442 g/mol. The fourth-order valence-electron chi connectivity index (χ4n) is 3.15. The number of benzene rings is 2. The van der Waals surface area contributed by atoms with Gasteiger partial charge in [-0.1, -0.05) is 37.6 Å². The summed E-state index contributed by atoms with van der Waals surface area (Å²) < 4.78 is 0. The number of hydrogen-bond donors (Lipinski definition) is 3. The van der Waals surface area contributed by atoms with Gasteiger partial charge < -0.3 is 16.0 Å². The summed E-state index contributed by atoms with van der Waals surface area (Å²) in [5.41, 5.74) is 2.11. The fourth-order valence-corrected chi connectivity index (χ4v) is 3.28. The molecule has 6 nitrogen and oxygen atoms in total. The summed E-state index contributed by atoms with van der Waals surface area (Å²) in [5, 5.41) is 9.16. The average Bonchev–Trinajstić information content (AvgIpc) is 3.58. The van der Waals surface area contributed by atoms with E-state index in [1.165, 1.54) is 0 Å². The summed E-state index contributed by atoms with van der Waals surface area (Å²) in [6.07, 6.45) is 2.45. The van der Waals surface area contributed by atoms with Crippen LogP contribution in [0.15, 0.2) is 48.5 Å². The molecule has 164 valence electrons. The Labute approximate surface area is 187 Å². The maximum Gasteiger partial charge on any atom is 0.251 e. The topological polar surface area (TPSA) is 87.3 Å². The molecule has 0 aromatic heterocycles. The van der Waals surface area contributed by atoms with Gasteiger partial charge in [0.05, 0.1) is 0 Å². The van der Waals surface area contributed by atoms with Gasteiger partial charge in [-0.3, -0.25) is 14.4 Å². The van der Waals surface area contributed by atoms with E-state index >= 15 is 0 Å². The SMILES string of the molecule is CC(C)C[C@@H](NC(=O)c1ccc(Cl)cc1)C(=O)NCc1ccc(NC(=O)C2CC2)cc1. The summed E-state index contributed by atoms with van der Waals surface area (Å²) in [4.78, 5) is 37.1. The maximum absolute atomic E-state index is 12.8. The van der Waals surface area contributed by atoms with Crippen LogP contribution in [0.1, 0.15) is 49.0 Å². The minimum Gasteiger partial charge on any atom is -0.350 e. The van der Waals surface area contributed by atoms with Crippen LogP contribution < -0.4 is 16.0 Å². The molecular weight excluding hydrogens is 414 g/mol. The molecule has 7 heteroatoms. The zero-order valence-electron chi connectivity index (χ0n) is 17.8. The molecule has 1 aliphatic carbocycles. The first-order valence-corrected chi connectivity index (χ1v) is 10.9. The molecule has 3 amide bonds. The van der Waals surface area contributed by atoms with Crippen LogP contribution in [0.25, 0.3) is 0 Å². The van der Waals surface area contributed by atoms with E-state index in [1.807, 2.05) is 38.1 Å². The second-order valence-corrected chi connectivity index (χ2v) is 8.78. The van der Waals surface area contributed by atoms with E-state index in [0.29, 0.717) is 23.6 Å². The van der Waals surface area contributed by atoms with Crippen molar-refractivity contribution in [3.8, 4) is 0 Å². The number of halogens is 1. The van der Waals surface area contributed by atoms with Crippen LogP contribution in [0, 0.1) is 11.8 Å². The van der Waals surface area contributed by atoms with Crippen molar-refractivity contribution in [3.05, 3.63) is 64.7 Å². The van der Waals surface area contributed by atoms with Crippen molar-refractivity contribution in [1.82, 2.24) is 10.6 Å². The third-order valence-corrected chi connectivity index (χ3v) is 5.32. The zero-order chi connectivity index (χ0) is 22.4. The molecule has 3 N–H and O–H groups in total. The van der Waals surface area contributed by atoms with Crippen LogP contribution in [-0.2, 0) is 16.1 Å². The lowest BCUT2D eigenvalue weighted by Gasteiger charge is -2.20. The van der Waals surface area contributed by atoms with Gasteiger partial charge in [0, 0.05) is 28.7 Å². The monoisotopic (exact) mass is 441 g/mol. The van der Waals surface area contributed by atoms with Crippen molar-refractivity contribution < 1.29 is 14.4 Å². The van der Waals surface area contributed by atoms with E-state index in [9.17, 15) is 14.4 Å². The van der Waals surface area contributed by atoms with Crippen molar-refractivity contribution in [2.45, 2.75) is 45.7 Å². The first kappa shape index (κ1) is 22.8.